The minimum absolute atomic E-state index is 0.234. The van der Waals surface area contributed by atoms with Crippen molar-refractivity contribution in [3.05, 3.63) is 68.7 Å². The van der Waals surface area contributed by atoms with Crippen molar-refractivity contribution < 1.29 is 23.8 Å². The van der Waals surface area contributed by atoms with Crippen LogP contribution < -0.4 is 14.8 Å². The van der Waals surface area contributed by atoms with Crippen molar-refractivity contribution in [1.29, 1.82) is 5.26 Å². The van der Waals surface area contributed by atoms with Crippen molar-refractivity contribution in [2.75, 3.05) is 26.1 Å². The fraction of sp³-hybridized carbons (Fsp3) is 0.292. The summed E-state index contributed by atoms with van der Waals surface area (Å²) in [6.07, 6.45) is 0. The summed E-state index contributed by atoms with van der Waals surface area (Å²) in [4.78, 5) is 25.4. The number of nitrogens with one attached hydrogen (secondary N) is 1. The maximum absolute atomic E-state index is 12.9. The molecule has 1 aliphatic heterocycles. The fourth-order valence-corrected chi connectivity index (χ4v) is 4.83. The summed E-state index contributed by atoms with van der Waals surface area (Å²) in [6, 6.07) is 14.2. The molecule has 0 aromatic heterocycles. The number of hydrogen-bond donors (Lipinski definition) is 1. The molecule has 0 fully saturated rings. The van der Waals surface area contributed by atoms with Gasteiger partial charge in [-0.25, -0.2) is 0 Å². The third-order valence-corrected chi connectivity index (χ3v) is 6.61. The van der Waals surface area contributed by atoms with Gasteiger partial charge in [0.05, 0.1) is 47.0 Å². The summed E-state index contributed by atoms with van der Waals surface area (Å²) in [7, 11) is 1.20. The molecule has 1 amide bonds. The van der Waals surface area contributed by atoms with E-state index < -0.39 is 23.7 Å². The average Bonchev–Trinajstić information content (AvgIpc) is 2.83. The van der Waals surface area contributed by atoms with Gasteiger partial charge in [0, 0.05) is 11.7 Å². The second-order valence-electron chi connectivity index (χ2n) is 7.07. The minimum atomic E-state index is -1.24. The molecule has 0 saturated carbocycles. The monoisotopic (exact) mass is 520 g/mol. The molecular formula is C24H22Cl2N2O5S. The van der Waals surface area contributed by atoms with E-state index in [9.17, 15) is 14.9 Å². The highest BCUT2D eigenvalue weighted by Gasteiger charge is 2.44. The van der Waals surface area contributed by atoms with Crippen LogP contribution in [-0.2, 0) is 14.3 Å². The molecule has 10 heteroatoms. The summed E-state index contributed by atoms with van der Waals surface area (Å²) in [5.41, 5.74) is 0.763. The maximum atomic E-state index is 12.9. The Labute approximate surface area is 212 Å². The summed E-state index contributed by atoms with van der Waals surface area (Å²) in [6.45, 7) is 2.54. The zero-order valence-electron chi connectivity index (χ0n) is 18.5. The molecule has 178 valence electrons. The van der Waals surface area contributed by atoms with Gasteiger partial charge >= 0.3 is 5.97 Å². The number of nitrogens with zero attached hydrogens (tertiary/aromatic N) is 1. The number of thioether (sulfide) groups is 1. The van der Waals surface area contributed by atoms with Crippen molar-refractivity contribution in [3.63, 3.8) is 0 Å². The van der Waals surface area contributed by atoms with Crippen LogP contribution in [0, 0.1) is 17.2 Å². The highest BCUT2D eigenvalue weighted by atomic mass is 35.5. The Bertz CT molecular complexity index is 1150. The molecule has 2 aromatic carbocycles. The highest BCUT2D eigenvalue weighted by Crippen LogP contribution is 2.42. The average molecular weight is 521 g/mol. The number of nitriles is 1. The number of allylic oxidation sites excluding steroid dienone is 1. The van der Waals surface area contributed by atoms with Crippen LogP contribution in [0.4, 0.5) is 0 Å². The lowest BCUT2D eigenvalue weighted by Crippen LogP contribution is -2.44. The molecule has 0 unspecified atom stereocenters. The molecule has 2 atom stereocenters. The van der Waals surface area contributed by atoms with Gasteiger partial charge in [-0.2, -0.15) is 5.26 Å². The number of rotatable bonds is 9. The van der Waals surface area contributed by atoms with E-state index in [1.165, 1.54) is 18.9 Å². The SMILES string of the molecule is CCOc1ccc([C@H]2C(C#N)=C(SCCOc3ccccc3Cl)NC(=O)[C@H]2C(=O)OC)cc1Cl. The first-order chi connectivity index (χ1) is 16.4. The molecule has 1 heterocycles. The summed E-state index contributed by atoms with van der Waals surface area (Å²) < 4.78 is 16.0. The second-order valence-corrected chi connectivity index (χ2v) is 8.99. The van der Waals surface area contributed by atoms with E-state index in [2.05, 4.69) is 11.4 Å². The normalized spacial score (nSPS) is 17.6. The molecule has 0 bridgehead atoms. The van der Waals surface area contributed by atoms with Crippen LogP contribution >= 0.6 is 35.0 Å². The van der Waals surface area contributed by atoms with Gasteiger partial charge in [-0.3, -0.25) is 9.59 Å². The topological polar surface area (TPSA) is 97.6 Å². The van der Waals surface area contributed by atoms with E-state index in [0.717, 1.165) is 0 Å². The van der Waals surface area contributed by atoms with Crippen LogP contribution in [0.2, 0.25) is 10.0 Å². The molecule has 0 aliphatic carbocycles. The lowest BCUT2D eigenvalue weighted by Gasteiger charge is -2.31. The first-order valence-electron chi connectivity index (χ1n) is 10.4. The number of hydrogen-bond acceptors (Lipinski definition) is 7. The standard InChI is InChI=1S/C24H22Cl2N2O5S/c1-3-32-19-9-8-14(12-17(19)26)20-15(13-27)23(28-22(29)21(20)24(30)31-2)34-11-10-33-18-7-5-4-6-16(18)25/h4-9,12,20-21H,3,10-11H2,1-2H3,(H,28,29)/t20-,21-/m0/s1. The summed E-state index contributed by atoms with van der Waals surface area (Å²) in [5.74, 6) is -1.98. The van der Waals surface area contributed by atoms with Gasteiger partial charge in [0.2, 0.25) is 5.91 Å². The predicted octanol–water partition coefficient (Wildman–Crippen LogP) is 4.94. The molecule has 7 nitrogen and oxygen atoms in total. The van der Waals surface area contributed by atoms with Gasteiger partial charge in [-0.05, 0) is 36.8 Å². The molecule has 1 N–H and O–H groups in total. The van der Waals surface area contributed by atoms with Crippen LogP contribution in [-0.4, -0.2) is 38.0 Å². The second kappa shape index (κ2) is 12.0. The lowest BCUT2D eigenvalue weighted by molar-refractivity contribution is -0.150. The zero-order valence-corrected chi connectivity index (χ0v) is 20.8. The van der Waals surface area contributed by atoms with Crippen LogP contribution in [0.1, 0.15) is 18.4 Å². The Morgan fingerprint density at radius 3 is 2.53 bits per heavy atom. The van der Waals surface area contributed by atoms with Gasteiger partial charge in [0.25, 0.3) is 0 Å². The molecule has 0 saturated heterocycles. The van der Waals surface area contributed by atoms with Crippen LogP contribution in [0.25, 0.3) is 0 Å². The number of ether oxygens (including phenoxy) is 3. The number of carbonyl (C=O) groups is 2. The van der Waals surface area contributed by atoms with Crippen LogP contribution in [0.5, 0.6) is 11.5 Å². The van der Waals surface area contributed by atoms with Gasteiger partial charge in [0.1, 0.15) is 17.4 Å². The van der Waals surface area contributed by atoms with E-state index in [1.54, 1.807) is 36.4 Å². The van der Waals surface area contributed by atoms with Gasteiger partial charge < -0.3 is 19.5 Å². The van der Waals surface area contributed by atoms with Gasteiger partial charge in [-0.15, -0.1) is 11.8 Å². The van der Waals surface area contributed by atoms with E-state index in [4.69, 9.17) is 37.4 Å². The van der Waals surface area contributed by atoms with E-state index >= 15 is 0 Å². The van der Waals surface area contributed by atoms with Crippen molar-refractivity contribution in [3.8, 4) is 17.6 Å². The lowest BCUT2D eigenvalue weighted by atomic mass is 9.78. The zero-order chi connectivity index (χ0) is 24.7. The third kappa shape index (κ3) is 5.79. The van der Waals surface area contributed by atoms with Gasteiger partial charge in [-0.1, -0.05) is 41.4 Å². The number of benzene rings is 2. The predicted molar refractivity (Wildman–Crippen MR) is 131 cm³/mol. The number of carbonyl (C=O) groups excluding carboxylic acids is 2. The molecular weight excluding hydrogens is 499 g/mol. The smallest absolute Gasteiger partial charge is 0.319 e. The number of esters is 1. The number of halogens is 2. The Balaban J connectivity index is 1.89. The Kier molecular flexibility index (Phi) is 9.11. The molecule has 3 rings (SSSR count). The number of para-hydroxylation sites is 1. The first kappa shape index (κ1) is 25.8. The number of amides is 1. The van der Waals surface area contributed by atoms with Crippen molar-refractivity contribution >= 4 is 46.8 Å². The summed E-state index contributed by atoms with van der Waals surface area (Å²) in [5, 5.41) is 13.8. The highest BCUT2D eigenvalue weighted by molar-refractivity contribution is 8.03. The Morgan fingerprint density at radius 2 is 1.88 bits per heavy atom. The van der Waals surface area contributed by atoms with Crippen LogP contribution in [0.3, 0.4) is 0 Å². The fourth-order valence-electron chi connectivity index (χ4n) is 3.52. The Hall–Kier alpha value is -2.86. The molecule has 1 aliphatic rings. The van der Waals surface area contributed by atoms with Gasteiger partial charge in [0.15, 0.2) is 0 Å². The van der Waals surface area contributed by atoms with E-state index in [1.807, 2.05) is 13.0 Å². The van der Waals surface area contributed by atoms with E-state index in [0.29, 0.717) is 44.5 Å². The number of methoxy groups -OCH3 is 1. The quantitative estimate of drug-likeness (QED) is 0.284. The van der Waals surface area contributed by atoms with E-state index in [-0.39, 0.29) is 12.2 Å². The van der Waals surface area contributed by atoms with Crippen molar-refractivity contribution in [2.45, 2.75) is 12.8 Å². The molecule has 2 aromatic rings. The first-order valence-corrected chi connectivity index (χ1v) is 12.1. The largest absolute Gasteiger partial charge is 0.492 e. The third-order valence-electron chi connectivity index (χ3n) is 5.02. The minimum Gasteiger partial charge on any atom is -0.492 e. The van der Waals surface area contributed by atoms with Crippen molar-refractivity contribution in [1.82, 2.24) is 5.32 Å². The van der Waals surface area contributed by atoms with Crippen molar-refractivity contribution in [2.24, 2.45) is 5.92 Å². The maximum Gasteiger partial charge on any atom is 0.319 e. The van der Waals surface area contributed by atoms with Crippen LogP contribution in [0.15, 0.2) is 53.1 Å². The molecule has 34 heavy (non-hydrogen) atoms. The molecule has 0 radical (unpaired) electrons. The molecule has 0 spiro atoms. The Morgan fingerprint density at radius 1 is 1.15 bits per heavy atom. The summed E-state index contributed by atoms with van der Waals surface area (Å²) >= 11 is 13.7.